The van der Waals surface area contributed by atoms with Gasteiger partial charge in [0.1, 0.15) is 12.1 Å². The van der Waals surface area contributed by atoms with Gasteiger partial charge in [0, 0.05) is 5.56 Å². The van der Waals surface area contributed by atoms with E-state index in [2.05, 4.69) is 4.98 Å². The van der Waals surface area contributed by atoms with Crippen LogP contribution in [0.3, 0.4) is 0 Å². The smallest absolute Gasteiger partial charge is 0.226 e. The Labute approximate surface area is 139 Å². The van der Waals surface area contributed by atoms with E-state index in [1.807, 2.05) is 30.3 Å². The lowest BCUT2D eigenvalue weighted by molar-refractivity contribution is 0.570. The minimum Gasteiger partial charge on any atom is -0.444 e. The number of sulfone groups is 1. The molecule has 0 aliphatic heterocycles. The molecule has 0 fully saturated rings. The van der Waals surface area contributed by atoms with Gasteiger partial charge < -0.3 is 4.42 Å². The van der Waals surface area contributed by atoms with Gasteiger partial charge in [0.25, 0.3) is 0 Å². The van der Waals surface area contributed by atoms with Crippen LogP contribution < -0.4 is 0 Å². The number of hydrogen-bond acceptors (Lipinski definition) is 4. The zero-order valence-corrected chi connectivity index (χ0v) is 13.7. The number of rotatable bonds is 6. The maximum atomic E-state index is 13.2. The summed E-state index contributed by atoms with van der Waals surface area (Å²) in [6.07, 6.45) is 1.76. The molecule has 124 valence electrons. The molecule has 1 aromatic heterocycles. The third-order valence-corrected chi connectivity index (χ3v) is 5.10. The second kappa shape index (κ2) is 6.97. The molecule has 0 saturated carbocycles. The summed E-state index contributed by atoms with van der Waals surface area (Å²) >= 11 is 0. The Balaban J connectivity index is 1.67. The van der Waals surface area contributed by atoms with Crippen molar-refractivity contribution in [3.63, 3.8) is 0 Å². The number of halogens is 1. The summed E-state index contributed by atoms with van der Waals surface area (Å²) in [4.78, 5) is 4.15. The molecule has 1 heterocycles. The molecule has 0 radical (unpaired) electrons. The van der Waals surface area contributed by atoms with E-state index in [0.29, 0.717) is 17.7 Å². The van der Waals surface area contributed by atoms with Gasteiger partial charge >= 0.3 is 0 Å². The Morgan fingerprint density at radius 3 is 2.58 bits per heavy atom. The third-order valence-electron chi connectivity index (χ3n) is 3.54. The maximum Gasteiger partial charge on any atom is 0.226 e. The van der Waals surface area contributed by atoms with E-state index < -0.39 is 15.7 Å². The van der Waals surface area contributed by atoms with E-state index in [1.54, 1.807) is 12.1 Å². The van der Waals surface area contributed by atoms with Crippen molar-refractivity contribution in [1.82, 2.24) is 4.98 Å². The second-order valence-electron chi connectivity index (χ2n) is 5.48. The molecule has 0 amide bonds. The summed E-state index contributed by atoms with van der Waals surface area (Å²) in [5.41, 5.74) is 1.77. The topological polar surface area (TPSA) is 60.2 Å². The van der Waals surface area contributed by atoms with Crippen LogP contribution in [0.5, 0.6) is 0 Å². The van der Waals surface area contributed by atoms with Crippen LogP contribution >= 0.6 is 0 Å². The molecule has 0 aliphatic carbocycles. The molecule has 6 heteroatoms. The molecular formula is C18H16FNO3S. The highest BCUT2D eigenvalue weighted by Crippen LogP contribution is 2.20. The SMILES string of the molecule is O=S(=O)(CCc1ccccc1)Cc1coc(-c2cccc(F)c2)n1. The molecule has 24 heavy (non-hydrogen) atoms. The van der Waals surface area contributed by atoms with Crippen LogP contribution in [-0.4, -0.2) is 19.2 Å². The van der Waals surface area contributed by atoms with Crippen molar-refractivity contribution in [2.75, 3.05) is 5.75 Å². The highest BCUT2D eigenvalue weighted by Gasteiger charge is 2.16. The van der Waals surface area contributed by atoms with Crippen LogP contribution in [0.4, 0.5) is 4.39 Å². The summed E-state index contributed by atoms with van der Waals surface area (Å²) in [6, 6.07) is 15.3. The Bertz CT molecular complexity index is 920. The largest absolute Gasteiger partial charge is 0.444 e. The molecular weight excluding hydrogens is 329 g/mol. The van der Waals surface area contributed by atoms with Crippen LogP contribution in [0, 0.1) is 5.82 Å². The zero-order chi connectivity index (χ0) is 17.0. The van der Waals surface area contributed by atoms with E-state index in [-0.39, 0.29) is 17.4 Å². The van der Waals surface area contributed by atoms with Gasteiger partial charge in [0.05, 0.1) is 17.2 Å². The van der Waals surface area contributed by atoms with E-state index in [0.717, 1.165) is 5.56 Å². The minimum atomic E-state index is -3.31. The molecule has 0 atom stereocenters. The first-order chi connectivity index (χ1) is 11.5. The van der Waals surface area contributed by atoms with Crippen molar-refractivity contribution in [1.29, 1.82) is 0 Å². The number of nitrogens with zero attached hydrogens (tertiary/aromatic N) is 1. The summed E-state index contributed by atoms with van der Waals surface area (Å²) in [5, 5.41) is 0. The van der Waals surface area contributed by atoms with Crippen molar-refractivity contribution in [2.24, 2.45) is 0 Å². The Kier molecular flexibility index (Phi) is 4.76. The summed E-state index contributed by atoms with van der Waals surface area (Å²) in [7, 11) is -3.31. The van der Waals surface area contributed by atoms with Gasteiger partial charge in [-0.3, -0.25) is 0 Å². The molecule has 0 N–H and O–H groups in total. The van der Waals surface area contributed by atoms with Crippen molar-refractivity contribution in [3.8, 4) is 11.5 Å². The maximum absolute atomic E-state index is 13.2. The fraction of sp³-hybridized carbons (Fsp3) is 0.167. The predicted molar refractivity (Wildman–Crippen MR) is 89.5 cm³/mol. The van der Waals surface area contributed by atoms with E-state index in [9.17, 15) is 12.8 Å². The normalized spacial score (nSPS) is 11.5. The van der Waals surface area contributed by atoms with Gasteiger partial charge in [0.2, 0.25) is 5.89 Å². The molecule has 3 aromatic rings. The Morgan fingerprint density at radius 2 is 1.83 bits per heavy atom. The second-order valence-corrected chi connectivity index (χ2v) is 7.67. The van der Waals surface area contributed by atoms with Crippen molar-refractivity contribution in [2.45, 2.75) is 12.2 Å². The first kappa shape index (κ1) is 16.4. The molecule has 0 bridgehead atoms. The molecule has 3 rings (SSSR count). The third kappa shape index (κ3) is 4.29. The fourth-order valence-electron chi connectivity index (χ4n) is 2.34. The van der Waals surface area contributed by atoms with Crippen LogP contribution in [-0.2, 0) is 22.0 Å². The highest BCUT2D eigenvalue weighted by atomic mass is 32.2. The first-order valence-corrected chi connectivity index (χ1v) is 9.29. The van der Waals surface area contributed by atoms with Crippen molar-refractivity contribution < 1.29 is 17.2 Å². The summed E-state index contributed by atoms with van der Waals surface area (Å²) in [5.74, 6) is -0.344. The average Bonchev–Trinajstić information content (AvgIpc) is 3.02. The number of hydrogen-bond donors (Lipinski definition) is 0. The van der Waals surface area contributed by atoms with Gasteiger partial charge in [-0.1, -0.05) is 36.4 Å². The van der Waals surface area contributed by atoms with Gasteiger partial charge in [-0.25, -0.2) is 17.8 Å². The summed E-state index contributed by atoms with van der Waals surface area (Å²) < 4.78 is 43.0. The van der Waals surface area contributed by atoms with Crippen LogP contribution in [0.15, 0.2) is 65.3 Å². The highest BCUT2D eigenvalue weighted by molar-refractivity contribution is 7.90. The average molecular weight is 345 g/mol. The molecule has 2 aromatic carbocycles. The van der Waals surface area contributed by atoms with Crippen molar-refractivity contribution in [3.05, 3.63) is 77.9 Å². The van der Waals surface area contributed by atoms with E-state index in [1.165, 1.54) is 18.4 Å². The van der Waals surface area contributed by atoms with Gasteiger partial charge in [-0.15, -0.1) is 0 Å². The predicted octanol–water partition coefficient (Wildman–Crippen LogP) is 3.64. The number of aromatic nitrogens is 1. The lowest BCUT2D eigenvalue weighted by Gasteiger charge is -2.02. The summed E-state index contributed by atoms with van der Waals surface area (Å²) in [6.45, 7) is 0. The van der Waals surface area contributed by atoms with Crippen LogP contribution in [0.25, 0.3) is 11.5 Å². The molecule has 0 unspecified atom stereocenters. The van der Waals surface area contributed by atoms with Crippen LogP contribution in [0.2, 0.25) is 0 Å². The minimum absolute atomic E-state index is 0.0408. The number of aryl methyl sites for hydroxylation is 1. The van der Waals surface area contributed by atoms with E-state index >= 15 is 0 Å². The molecule has 0 aliphatic rings. The van der Waals surface area contributed by atoms with Gasteiger partial charge in [0.15, 0.2) is 9.84 Å². The van der Waals surface area contributed by atoms with Gasteiger partial charge in [-0.2, -0.15) is 0 Å². The van der Waals surface area contributed by atoms with Gasteiger partial charge in [-0.05, 0) is 30.2 Å². The standard InChI is InChI=1S/C18H16FNO3S/c19-16-8-4-7-15(11-16)18-20-17(12-23-18)13-24(21,22)10-9-14-5-2-1-3-6-14/h1-8,11-12H,9-10,13H2. The van der Waals surface area contributed by atoms with Crippen molar-refractivity contribution >= 4 is 9.84 Å². The number of benzene rings is 2. The first-order valence-electron chi connectivity index (χ1n) is 7.46. The number of oxazole rings is 1. The molecule has 0 saturated heterocycles. The zero-order valence-electron chi connectivity index (χ0n) is 12.9. The monoisotopic (exact) mass is 345 g/mol. The van der Waals surface area contributed by atoms with Crippen LogP contribution in [0.1, 0.15) is 11.3 Å². The fourth-order valence-corrected chi connectivity index (χ4v) is 3.62. The Morgan fingerprint density at radius 1 is 1.04 bits per heavy atom. The molecule has 4 nitrogen and oxygen atoms in total. The van der Waals surface area contributed by atoms with E-state index in [4.69, 9.17) is 4.42 Å². The lowest BCUT2D eigenvalue weighted by atomic mass is 10.2. The molecule has 0 spiro atoms. The lowest BCUT2D eigenvalue weighted by Crippen LogP contribution is -2.11. The Hall–Kier alpha value is -2.47. The quantitative estimate of drug-likeness (QED) is 0.684.